The van der Waals surface area contributed by atoms with E-state index in [2.05, 4.69) is 36.3 Å². The minimum Gasteiger partial charge on any atom is -0.436 e. The van der Waals surface area contributed by atoms with Gasteiger partial charge in [0.1, 0.15) is 0 Å². The molecule has 0 fully saturated rings. The summed E-state index contributed by atoms with van der Waals surface area (Å²) in [6.07, 6.45) is 41.8. The van der Waals surface area contributed by atoms with Gasteiger partial charge in [-0.15, -0.1) is 0 Å². The van der Waals surface area contributed by atoms with E-state index >= 15 is 0 Å². The molecule has 0 spiro atoms. The molecule has 2 amide bonds. The zero-order valence-corrected chi connectivity index (χ0v) is 32.1. The predicted octanol–water partition coefficient (Wildman–Crippen LogP) is 13.0. The Labute approximate surface area is 298 Å². The summed E-state index contributed by atoms with van der Waals surface area (Å²) in [5, 5.41) is 5.56. The van der Waals surface area contributed by atoms with Crippen molar-refractivity contribution in [2.24, 2.45) is 0 Å². The number of nitrogens with one attached hydrogen (secondary N) is 2. The molecule has 0 radical (unpaired) electrons. The van der Waals surface area contributed by atoms with Crippen LogP contribution < -0.4 is 10.6 Å². The first kappa shape index (κ1) is 46.1. The van der Waals surface area contributed by atoms with Crippen LogP contribution in [0.3, 0.4) is 0 Å². The number of carbonyl (C=O) groups excluding carboxylic acids is 2. The fourth-order valence-corrected chi connectivity index (χ4v) is 6.13. The lowest BCUT2D eigenvalue weighted by atomic mass is 10.0. The van der Waals surface area contributed by atoms with Crippen LogP contribution in [-0.4, -0.2) is 38.5 Å². The van der Waals surface area contributed by atoms with Crippen LogP contribution in [0.15, 0.2) is 0 Å². The molecule has 0 aliphatic rings. The number of unbranched alkanes of at least 4 members (excludes halogenated alkanes) is 30. The molecular weight excluding hydrogens is 596 g/mol. The van der Waals surface area contributed by atoms with E-state index in [1.165, 1.54) is 180 Å². The van der Waals surface area contributed by atoms with Crippen LogP contribution in [0, 0.1) is 11.8 Å². The zero-order chi connectivity index (χ0) is 34.9. The van der Waals surface area contributed by atoms with Crippen LogP contribution >= 0.6 is 0 Å². The summed E-state index contributed by atoms with van der Waals surface area (Å²) in [5.41, 5.74) is 0. The number of rotatable bonds is 36. The standard InChI is InChI=1S/C42H80N2O4/c1-3-5-7-9-11-13-15-17-19-21-23-25-27-29-31-33-37-43-41(45)47-39-35-36-40-48-42(46)44-38-34-32-30-28-26-24-22-20-18-16-14-12-10-8-6-4-2/h3-34,37-40H2,1-2H3,(H,43,45)(H,44,46). The van der Waals surface area contributed by atoms with Crippen LogP contribution in [0.5, 0.6) is 0 Å². The Hall–Kier alpha value is -1.90. The summed E-state index contributed by atoms with van der Waals surface area (Å²) in [7, 11) is 0. The van der Waals surface area contributed by atoms with Crippen LogP contribution in [0.25, 0.3) is 0 Å². The van der Waals surface area contributed by atoms with E-state index in [9.17, 15) is 9.59 Å². The van der Waals surface area contributed by atoms with Crippen molar-refractivity contribution in [2.45, 2.75) is 219 Å². The number of amides is 2. The van der Waals surface area contributed by atoms with E-state index in [-0.39, 0.29) is 13.2 Å². The third-order valence-corrected chi connectivity index (χ3v) is 9.28. The van der Waals surface area contributed by atoms with Crippen molar-refractivity contribution in [3.05, 3.63) is 0 Å². The van der Waals surface area contributed by atoms with Gasteiger partial charge in [0, 0.05) is 13.1 Å². The molecule has 2 N–H and O–H groups in total. The molecule has 0 saturated carbocycles. The summed E-state index contributed by atoms with van der Waals surface area (Å²) in [5.74, 6) is 5.44. The van der Waals surface area contributed by atoms with E-state index in [1.54, 1.807) is 0 Å². The van der Waals surface area contributed by atoms with Crippen molar-refractivity contribution in [1.29, 1.82) is 0 Å². The van der Waals surface area contributed by atoms with Crippen molar-refractivity contribution in [2.75, 3.05) is 26.3 Å². The first-order valence-electron chi connectivity index (χ1n) is 21.0. The predicted molar refractivity (Wildman–Crippen MR) is 206 cm³/mol. The van der Waals surface area contributed by atoms with Gasteiger partial charge in [0.05, 0.1) is 0 Å². The minimum atomic E-state index is -0.442. The Bertz CT molecular complexity index is 675. The molecule has 0 heterocycles. The molecule has 0 bridgehead atoms. The minimum absolute atomic E-state index is 0.00500. The van der Waals surface area contributed by atoms with Gasteiger partial charge in [0.2, 0.25) is 0 Å². The SMILES string of the molecule is CCCCCCCCCCCCCCCCCCNC(=O)OCC#CCOC(=O)NCCCCCCCCCCCCCCCCCC. The molecule has 0 aromatic carbocycles. The lowest BCUT2D eigenvalue weighted by Crippen LogP contribution is -2.25. The van der Waals surface area contributed by atoms with Crippen LogP contribution in [0.1, 0.15) is 219 Å². The maximum atomic E-state index is 11.8. The van der Waals surface area contributed by atoms with Gasteiger partial charge in [0.15, 0.2) is 13.2 Å². The van der Waals surface area contributed by atoms with Crippen LogP contribution in [0.2, 0.25) is 0 Å². The van der Waals surface area contributed by atoms with Crippen molar-refractivity contribution < 1.29 is 19.1 Å². The van der Waals surface area contributed by atoms with Gasteiger partial charge >= 0.3 is 12.2 Å². The van der Waals surface area contributed by atoms with E-state index in [4.69, 9.17) is 9.47 Å². The van der Waals surface area contributed by atoms with E-state index in [0.29, 0.717) is 13.1 Å². The van der Waals surface area contributed by atoms with E-state index in [1.807, 2.05) is 0 Å². The molecule has 6 heteroatoms. The molecule has 48 heavy (non-hydrogen) atoms. The second-order valence-corrected chi connectivity index (χ2v) is 14.0. The second-order valence-electron chi connectivity index (χ2n) is 14.0. The summed E-state index contributed by atoms with van der Waals surface area (Å²) in [4.78, 5) is 23.6. The zero-order valence-electron chi connectivity index (χ0n) is 32.1. The Morgan fingerprint density at radius 1 is 0.354 bits per heavy atom. The average molecular weight is 677 g/mol. The fourth-order valence-electron chi connectivity index (χ4n) is 6.13. The van der Waals surface area contributed by atoms with E-state index in [0.717, 1.165) is 25.7 Å². The highest BCUT2D eigenvalue weighted by atomic mass is 16.6. The van der Waals surface area contributed by atoms with Gasteiger partial charge in [-0.2, -0.15) is 0 Å². The summed E-state index contributed by atoms with van der Waals surface area (Å²) in [6, 6.07) is 0. The molecule has 0 saturated heterocycles. The third-order valence-electron chi connectivity index (χ3n) is 9.28. The van der Waals surface area contributed by atoms with Gasteiger partial charge < -0.3 is 20.1 Å². The first-order chi connectivity index (χ1) is 23.7. The summed E-state index contributed by atoms with van der Waals surface area (Å²) >= 11 is 0. The number of hydrogen-bond acceptors (Lipinski definition) is 4. The summed E-state index contributed by atoms with van der Waals surface area (Å²) in [6.45, 7) is 5.81. The second kappa shape index (κ2) is 41.3. The lowest BCUT2D eigenvalue weighted by molar-refractivity contribution is 0.157. The molecule has 0 aliphatic carbocycles. The van der Waals surface area contributed by atoms with Gasteiger partial charge in [-0.3, -0.25) is 0 Å². The Morgan fingerprint density at radius 2 is 0.562 bits per heavy atom. The van der Waals surface area contributed by atoms with Crippen molar-refractivity contribution in [3.8, 4) is 11.8 Å². The highest BCUT2D eigenvalue weighted by Crippen LogP contribution is 2.15. The Balaban J connectivity index is 3.32. The molecule has 0 aromatic rings. The maximum Gasteiger partial charge on any atom is 0.408 e. The van der Waals surface area contributed by atoms with E-state index < -0.39 is 12.2 Å². The maximum absolute atomic E-state index is 11.8. The lowest BCUT2D eigenvalue weighted by Gasteiger charge is -2.05. The number of ether oxygens (including phenoxy) is 2. The number of hydrogen-bond donors (Lipinski definition) is 2. The fraction of sp³-hybridized carbons (Fsp3) is 0.905. The largest absolute Gasteiger partial charge is 0.436 e. The number of carbonyl (C=O) groups is 2. The monoisotopic (exact) mass is 677 g/mol. The van der Waals surface area contributed by atoms with Crippen molar-refractivity contribution in [3.63, 3.8) is 0 Å². The highest BCUT2D eigenvalue weighted by Gasteiger charge is 2.01. The third kappa shape index (κ3) is 40.3. The Morgan fingerprint density at radius 3 is 0.792 bits per heavy atom. The van der Waals surface area contributed by atoms with Crippen LogP contribution in [-0.2, 0) is 9.47 Å². The molecule has 0 rings (SSSR count). The molecule has 6 nitrogen and oxygen atoms in total. The average Bonchev–Trinajstić information content (AvgIpc) is 3.09. The Kier molecular flexibility index (Phi) is 39.6. The quantitative estimate of drug-likeness (QED) is 0.0511. The van der Waals surface area contributed by atoms with Crippen molar-refractivity contribution in [1.82, 2.24) is 10.6 Å². The van der Waals surface area contributed by atoms with Crippen molar-refractivity contribution >= 4 is 12.2 Å². The molecule has 0 atom stereocenters. The number of alkyl carbamates (subject to hydrolysis) is 2. The topological polar surface area (TPSA) is 76.7 Å². The molecule has 0 unspecified atom stereocenters. The van der Waals surface area contributed by atoms with Gasteiger partial charge in [0.25, 0.3) is 0 Å². The molecule has 282 valence electrons. The molecule has 0 aromatic heterocycles. The smallest absolute Gasteiger partial charge is 0.408 e. The molecule has 0 aliphatic heterocycles. The normalized spacial score (nSPS) is 10.8. The first-order valence-corrected chi connectivity index (χ1v) is 21.0. The van der Waals surface area contributed by atoms with Crippen LogP contribution in [0.4, 0.5) is 9.59 Å². The van der Waals surface area contributed by atoms with Gasteiger partial charge in [-0.1, -0.05) is 218 Å². The van der Waals surface area contributed by atoms with Gasteiger partial charge in [-0.25, -0.2) is 9.59 Å². The van der Waals surface area contributed by atoms with Gasteiger partial charge in [-0.05, 0) is 12.8 Å². The summed E-state index contributed by atoms with van der Waals surface area (Å²) < 4.78 is 10.1. The highest BCUT2D eigenvalue weighted by molar-refractivity contribution is 5.67. The molecular formula is C42H80N2O4.